The molecule has 4 atom stereocenters. The zero-order valence-electron chi connectivity index (χ0n) is 12.4. The largest absolute Gasteiger partial charge is 0.459 e. The van der Waals surface area contributed by atoms with Crippen LogP contribution in [0.5, 0.6) is 0 Å². The van der Waals surface area contributed by atoms with Crippen LogP contribution in [-0.4, -0.2) is 43.3 Å². The Labute approximate surface area is 129 Å². The van der Waals surface area contributed by atoms with Crippen LogP contribution in [-0.2, 0) is 19.0 Å². The molecule has 5 heteroatoms. The highest BCUT2D eigenvalue weighted by Gasteiger charge is 2.37. The summed E-state index contributed by atoms with van der Waals surface area (Å²) in [5.41, 5.74) is 0.546. The Balaban J connectivity index is 1.44. The van der Waals surface area contributed by atoms with E-state index in [-0.39, 0.29) is 37.0 Å². The molecule has 3 rings (SSSR count). The minimum atomic E-state index is -0.328. The number of esters is 1. The molecule has 0 unspecified atom stereocenters. The van der Waals surface area contributed by atoms with Crippen molar-refractivity contribution >= 4 is 12.3 Å². The number of hydrogen-bond acceptors (Lipinski definition) is 5. The van der Waals surface area contributed by atoms with Gasteiger partial charge in [-0.3, -0.25) is 0 Å². The Morgan fingerprint density at radius 3 is 2.55 bits per heavy atom. The number of aldehydes is 1. The first kappa shape index (κ1) is 15.2. The molecule has 0 aromatic heterocycles. The lowest BCUT2D eigenvalue weighted by molar-refractivity contribution is -0.122. The predicted octanol–water partition coefficient (Wildman–Crippen LogP) is 2.14. The van der Waals surface area contributed by atoms with Crippen molar-refractivity contribution in [2.24, 2.45) is 0 Å². The molecule has 5 nitrogen and oxygen atoms in total. The summed E-state index contributed by atoms with van der Waals surface area (Å²) in [7, 11) is 0. The molecule has 1 aromatic rings. The van der Waals surface area contributed by atoms with Crippen LogP contribution in [0.2, 0.25) is 0 Å². The maximum absolute atomic E-state index is 11.9. The lowest BCUT2D eigenvalue weighted by Gasteiger charge is -2.19. The molecule has 0 amide bonds. The van der Waals surface area contributed by atoms with Crippen LogP contribution in [0.4, 0.5) is 0 Å². The van der Waals surface area contributed by atoms with E-state index in [0.717, 1.165) is 32.0 Å². The van der Waals surface area contributed by atoms with Crippen LogP contribution in [0.25, 0.3) is 0 Å². The first-order chi connectivity index (χ1) is 10.8. The molecule has 118 valence electrons. The third-order valence-electron chi connectivity index (χ3n) is 4.20. The van der Waals surface area contributed by atoms with Gasteiger partial charge < -0.3 is 19.0 Å². The second kappa shape index (κ2) is 7.03. The van der Waals surface area contributed by atoms with Gasteiger partial charge in [0, 0.05) is 0 Å². The maximum atomic E-state index is 11.9. The van der Waals surface area contributed by atoms with Crippen LogP contribution in [0, 0.1) is 0 Å². The molecule has 2 heterocycles. The zero-order valence-corrected chi connectivity index (χ0v) is 12.4. The molecule has 2 fully saturated rings. The molecule has 1 aromatic carbocycles. The van der Waals surface area contributed by atoms with Gasteiger partial charge in [0.2, 0.25) is 0 Å². The summed E-state index contributed by atoms with van der Waals surface area (Å²) in [6, 6.07) is 8.92. The SMILES string of the molecule is O=C[C@H]1CC[C@H]([C@H]2CC[C@H](COC(=O)c3ccccc3)O2)O1. The van der Waals surface area contributed by atoms with Crippen LogP contribution in [0.15, 0.2) is 30.3 Å². The van der Waals surface area contributed by atoms with E-state index in [4.69, 9.17) is 14.2 Å². The van der Waals surface area contributed by atoms with Crippen molar-refractivity contribution in [3.05, 3.63) is 35.9 Å². The van der Waals surface area contributed by atoms with Crippen LogP contribution < -0.4 is 0 Å². The summed E-state index contributed by atoms with van der Waals surface area (Å²) in [5.74, 6) is -0.328. The van der Waals surface area contributed by atoms with Gasteiger partial charge in [-0.15, -0.1) is 0 Å². The van der Waals surface area contributed by atoms with Gasteiger partial charge in [0.15, 0.2) is 0 Å². The molecule has 0 spiro atoms. The van der Waals surface area contributed by atoms with Gasteiger partial charge in [-0.2, -0.15) is 0 Å². The summed E-state index contributed by atoms with van der Waals surface area (Å²) >= 11 is 0. The van der Waals surface area contributed by atoms with E-state index in [2.05, 4.69) is 0 Å². The van der Waals surface area contributed by atoms with Gasteiger partial charge in [-0.05, 0) is 37.8 Å². The zero-order chi connectivity index (χ0) is 15.4. The summed E-state index contributed by atoms with van der Waals surface area (Å²) in [6.45, 7) is 0.258. The summed E-state index contributed by atoms with van der Waals surface area (Å²) < 4.78 is 16.8. The normalized spacial score (nSPS) is 31.1. The van der Waals surface area contributed by atoms with Crippen molar-refractivity contribution in [3.8, 4) is 0 Å². The first-order valence-electron chi connectivity index (χ1n) is 7.74. The molecular formula is C17H20O5. The highest BCUT2D eigenvalue weighted by molar-refractivity contribution is 5.89. The molecule has 0 radical (unpaired) electrons. The second-order valence-corrected chi connectivity index (χ2v) is 5.76. The topological polar surface area (TPSA) is 61.8 Å². The predicted molar refractivity (Wildman–Crippen MR) is 78.6 cm³/mol. The van der Waals surface area contributed by atoms with E-state index in [1.165, 1.54) is 0 Å². The fourth-order valence-corrected chi connectivity index (χ4v) is 3.02. The highest BCUT2D eigenvalue weighted by atomic mass is 16.6. The fourth-order valence-electron chi connectivity index (χ4n) is 3.02. The summed E-state index contributed by atoms with van der Waals surface area (Å²) in [4.78, 5) is 22.6. The molecule has 0 saturated carbocycles. The van der Waals surface area contributed by atoms with Crippen LogP contribution in [0.3, 0.4) is 0 Å². The quantitative estimate of drug-likeness (QED) is 0.616. The van der Waals surface area contributed by atoms with E-state index in [9.17, 15) is 9.59 Å². The van der Waals surface area contributed by atoms with Gasteiger partial charge in [-0.25, -0.2) is 4.79 Å². The first-order valence-corrected chi connectivity index (χ1v) is 7.74. The van der Waals surface area contributed by atoms with Gasteiger partial charge >= 0.3 is 5.97 Å². The number of rotatable bonds is 5. The molecule has 0 bridgehead atoms. The van der Waals surface area contributed by atoms with Crippen LogP contribution >= 0.6 is 0 Å². The highest BCUT2D eigenvalue weighted by Crippen LogP contribution is 2.30. The van der Waals surface area contributed by atoms with Crippen molar-refractivity contribution in [2.45, 2.75) is 50.1 Å². The minimum absolute atomic E-state index is 0.00498. The van der Waals surface area contributed by atoms with Crippen molar-refractivity contribution in [2.75, 3.05) is 6.61 Å². The van der Waals surface area contributed by atoms with E-state index in [1.54, 1.807) is 24.3 Å². The number of carbonyl (C=O) groups is 2. The molecule has 0 N–H and O–H groups in total. The molecule has 22 heavy (non-hydrogen) atoms. The summed E-state index contributed by atoms with van der Waals surface area (Å²) in [6.07, 6.45) is 3.82. The molecule has 2 aliphatic heterocycles. The fraction of sp³-hybridized carbons (Fsp3) is 0.529. The average molecular weight is 304 g/mol. The van der Waals surface area contributed by atoms with Gasteiger partial charge in [-0.1, -0.05) is 18.2 Å². The molecule has 0 aliphatic carbocycles. The Bertz CT molecular complexity index is 515. The van der Waals surface area contributed by atoms with Gasteiger partial charge in [0.05, 0.1) is 23.9 Å². The van der Waals surface area contributed by atoms with E-state index >= 15 is 0 Å². The number of hydrogen-bond donors (Lipinski definition) is 0. The average Bonchev–Trinajstić information content (AvgIpc) is 3.22. The smallest absolute Gasteiger partial charge is 0.338 e. The van der Waals surface area contributed by atoms with Crippen molar-refractivity contribution < 1.29 is 23.8 Å². The van der Waals surface area contributed by atoms with Crippen molar-refractivity contribution in [3.63, 3.8) is 0 Å². The van der Waals surface area contributed by atoms with E-state index in [1.807, 2.05) is 6.07 Å². The Kier molecular flexibility index (Phi) is 4.85. The Morgan fingerprint density at radius 2 is 1.82 bits per heavy atom. The Hall–Kier alpha value is -1.72. The third kappa shape index (κ3) is 3.54. The van der Waals surface area contributed by atoms with Crippen molar-refractivity contribution in [1.82, 2.24) is 0 Å². The lowest BCUT2D eigenvalue weighted by atomic mass is 10.1. The second-order valence-electron chi connectivity index (χ2n) is 5.76. The van der Waals surface area contributed by atoms with E-state index in [0.29, 0.717) is 5.56 Å². The van der Waals surface area contributed by atoms with Crippen molar-refractivity contribution in [1.29, 1.82) is 0 Å². The maximum Gasteiger partial charge on any atom is 0.338 e. The number of carbonyl (C=O) groups excluding carboxylic acids is 2. The third-order valence-corrected chi connectivity index (χ3v) is 4.20. The molecule has 2 aliphatic rings. The lowest BCUT2D eigenvalue weighted by Crippen LogP contribution is -2.28. The monoisotopic (exact) mass is 304 g/mol. The molecule has 2 saturated heterocycles. The van der Waals surface area contributed by atoms with E-state index < -0.39 is 0 Å². The Morgan fingerprint density at radius 1 is 1.09 bits per heavy atom. The molecular weight excluding hydrogens is 284 g/mol. The van der Waals surface area contributed by atoms with Gasteiger partial charge in [0.1, 0.15) is 19.0 Å². The minimum Gasteiger partial charge on any atom is -0.459 e. The van der Waals surface area contributed by atoms with Crippen LogP contribution in [0.1, 0.15) is 36.0 Å². The van der Waals surface area contributed by atoms with Gasteiger partial charge in [0.25, 0.3) is 0 Å². The standard InChI is InChI=1S/C17H20O5/c18-10-13-6-8-15(21-13)16-9-7-14(22-16)11-20-17(19)12-4-2-1-3-5-12/h1-5,10,13-16H,6-9,11H2/t13-,14-,15-,16-/m1/s1. The number of benzene rings is 1. The summed E-state index contributed by atoms with van der Waals surface area (Å²) in [5, 5.41) is 0. The number of ether oxygens (including phenoxy) is 3.